The third-order valence-electron chi connectivity index (χ3n) is 4.27. The van der Waals surface area contributed by atoms with Crippen LogP contribution in [0.15, 0.2) is 53.5 Å². The predicted molar refractivity (Wildman–Crippen MR) is 112 cm³/mol. The van der Waals surface area contributed by atoms with Crippen LogP contribution in [0.25, 0.3) is 5.65 Å². The molecule has 0 aliphatic carbocycles. The van der Waals surface area contributed by atoms with E-state index in [1.165, 1.54) is 29.2 Å². The van der Waals surface area contributed by atoms with E-state index >= 15 is 0 Å². The summed E-state index contributed by atoms with van der Waals surface area (Å²) in [7, 11) is 0. The Kier molecular flexibility index (Phi) is 5.94. The van der Waals surface area contributed by atoms with E-state index in [2.05, 4.69) is 10.3 Å². The van der Waals surface area contributed by atoms with Gasteiger partial charge in [0, 0.05) is 29.3 Å². The summed E-state index contributed by atoms with van der Waals surface area (Å²) in [5.74, 6) is 0.293. The summed E-state index contributed by atoms with van der Waals surface area (Å²) in [6.45, 7) is 5.23. The first-order valence-electron chi connectivity index (χ1n) is 8.86. The predicted octanol–water partition coefficient (Wildman–Crippen LogP) is 3.47. The van der Waals surface area contributed by atoms with Crippen molar-refractivity contribution in [2.75, 3.05) is 5.32 Å². The molecule has 1 atom stereocenters. The number of thioether (sulfide) groups is 1. The zero-order chi connectivity index (χ0) is 20.3. The van der Waals surface area contributed by atoms with Crippen LogP contribution in [0, 0.1) is 6.92 Å². The Bertz CT molecular complexity index is 1090. The molecule has 2 heterocycles. The van der Waals surface area contributed by atoms with Gasteiger partial charge in [0.2, 0.25) is 5.91 Å². The van der Waals surface area contributed by atoms with Gasteiger partial charge in [-0.2, -0.15) is 0 Å². The van der Waals surface area contributed by atoms with E-state index < -0.39 is 0 Å². The molecule has 2 aromatic heterocycles. The van der Waals surface area contributed by atoms with Crippen molar-refractivity contribution in [3.05, 3.63) is 75.8 Å². The van der Waals surface area contributed by atoms with E-state index in [1.807, 2.05) is 19.1 Å². The number of pyridine rings is 1. The number of rotatable bonds is 6. The fourth-order valence-electron chi connectivity index (χ4n) is 2.65. The largest absolute Gasteiger partial charge is 0.325 e. The maximum absolute atomic E-state index is 12.4. The second-order valence-corrected chi connectivity index (χ2v) is 7.93. The number of carbonyl (C=O) groups is 2. The summed E-state index contributed by atoms with van der Waals surface area (Å²) in [5.41, 5.74) is 3.33. The Morgan fingerprint density at radius 3 is 2.57 bits per heavy atom. The van der Waals surface area contributed by atoms with E-state index in [1.54, 1.807) is 37.4 Å². The van der Waals surface area contributed by atoms with Crippen LogP contribution in [0.4, 0.5) is 5.69 Å². The molecule has 1 N–H and O–H groups in total. The average Bonchev–Trinajstić information content (AvgIpc) is 2.67. The highest BCUT2D eigenvalue weighted by Crippen LogP contribution is 2.19. The Labute approximate surface area is 167 Å². The van der Waals surface area contributed by atoms with Crippen LogP contribution in [0.5, 0.6) is 0 Å². The van der Waals surface area contributed by atoms with Crippen LogP contribution < -0.4 is 10.9 Å². The summed E-state index contributed by atoms with van der Waals surface area (Å²) >= 11 is 1.41. The van der Waals surface area contributed by atoms with E-state index in [9.17, 15) is 14.4 Å². The van der Waals surface area contributed by atoms with Crippen molar-refractivity contribution in [3.63, 3.8) is 0 Å². The number of hydrogen-bond donors (Lipinski definition) is 1. The van der Waals surface area contributed by atoms with Crippen LogP contribution in [-0.2, 0) is 10.5 Å². The normalized spacial score (nSPS) is 12.0. The van der Waals surface area contributed by atoms with E-state index in [0.29, 0.717) is 28.3 Å². The van der Waals surface area contributed by atoms with Crippen LogP contribution in [0.1, 0.15) is 35.5 Å². The zero-order valence-corrected chi connectivity index (χ0v) is 16.7. The first-order chi connectivity index (χ1) is 13.3. The number of amides is 1. The fraction of sp³-hybridized carbons (Fsp3) is 0.238. The average molecular weight is 395 g/mol. The Morgan fingerprint density at radius 1 is 1.18 bits per heavy atom. The number of ketones is 1. The molecule has 3 aromatic rings. The number of carbonyl (C=O) groups excluding carboxylic acids is 2. The maximum atomic E-state index is 12.4. The number of aromatic nitrogens is 2. The molecule has 0 bridgehead atoms. The summed E-state index contributed by atoms with van der Waals surface area (Å²) in [5, 5.41) is 2.51. The van der Waals surface area contributed by atoms with Crippen molar-refractivity contribution >= 4 is 34.8 Å². The first-order valence-corrected chi connectivity index (χ1v) is 9.91. The van der Waals surface area contributed by atoms with Gasteiger partial charge >= 0.3 is 0 Å². The lowest BCUT2D eigenvalue weighted by Crippen LogP contribution is -2.23. The fourth-order valence-corrected chi connectivity index (χ4v) is 3.43. The number of anilines is 1. The summed E-state index contributed by atoms with van der Waals surface area (Å²) in [4.78, 5) is 40.4. The molecule has 0 aliphatic rings. The molecule has 0 radical (unpaired) electrons. The highest BCUT2D eigenvalue weighted by molar-refractivity contribution is 7.99. The summed E-state index contributed by atoms with van der Waals surface area (Å²) < 4.78 is 1.52. The molecular weight excluding hydrogens is 374 g/mol. The standard InChI is InChI=1S/C21H21N3O3S/c1-13-4-9-19-22-18(10-20(26)24(19)11-13)12-28-15(3)21(27)23-17-7-5-16(6-8-17)14(2)25/h4-11,15H,12H2,1-3H3,(H,23,27). The molecule has 0 saturated heterocycles. The van der Waals surface area contributed by atoms with Crippen molar-refractivity contribution < 1.29 is 9.59 Å². The minimum atomic E-state index is -0.328. The van der Waals surface area contributed by atoms with Gasteiger partial charge in [0.05, 0.1) is 10.9 Å². The van der Waals surface area contributed by atoms with Gasteiger partial charge in [0.1, 0.15) is 5.65 Å². The molecule has 3 rings (SSSR count). The minimum absolute atomic E-state index is 0.0178. The van der Waals surface area contributed by atoms with Gasteiger partial charge in [-0.3, -0.25) is 18.8 Å². The quantitative estimate of drug-likeness (QED) is 0.647. The van der Waals surface area contributed by atoms with Gasteiger partial charge in [0.25, 0.3) is 5.56 Å². The summed E-state index contributed by atoms with van der Waals surface area (Å²) in [6, 6.07) is 12.0. The number of aryl methyl sites for hydroxylation is 1. The van der Waals surface area contributed by atoms with Gasteiger partial charge in [0.15, 0.2) is 5.78 Å². The number of Topliss-reactive ketones (excluding diaryl/α,β-unsaturated/α-hetero) is 1. The summed E-state index contributed by atoms with van der Waals surface area (Å²) in [6.07, 6.45) is 1.76. The molecule has 0 saturated carbocycles. The Morgan fingerprint density at radius 2 is 1.89 bits per heavy atom. The molecule has 6 nitrogen and oxygen atoms in total. The first kappa shape index (κ1) is 19.8. The lowest BCUT2D eigenvalue weighted by atomic mass is 10.1. The lowest BCUT2D eigenvalue weighted by molar-refractivity contribution is -0.115. The third-order valence-corrected chi connectivity index (χ3v) is 5.45. The highest BCUT2D eigenvalue weighted by atomic mass is 32.2. The Balaban J connectivity index is 1.63. The number of hydrogen-bond acceptors (Lipinski definition) is 5. The molecule has 1 aromatic carbocycles. The van der Waals surface area contributed by atoms with Crippen LogP contribution in [0.3, 0.4) is 0 Å². The van der Waals surface area contributed by atoms with E-state index in [-0.39, 0.29) is 22.5 Å². The molecule has 0 aliphatic heterocycles. The van der Waals surface area contributed by atoms with Gasteiger partial charge in [-0.1, -0.05) is 6.07 Å². The zero-order valence-electron chi connectivity index (χ0n) is 15.9. The molecular formula is C21H21N3O3S. The molecule has 7 heteroatoms. The number of fused-ring (bicyclic) bond motifs is 1. The number of nitrogens with zero attached hydrogens (tertiary/aromatic N) is 2. The second kappa shape index (κ2) is 8.39. The van der Waals surface area contributed by atoms with E-state index in [4.69, 9.17) is 0 Å². The highest BCUT2D eigenvalue weighted by Gasteiger charge is 2.15. The number of nitrogens with one attached hydrogen (secondary N) is 1. The van der Waals surface area contributed by atoms with Crippen LogP contribution >= 0.6 is 11.8 Å². The SMILES string of the molecule is CC(=O)c1ccc(NC(=O)C(C)SCc2cc(=O)n3cc(C)ccc3n2)cc1. The topological polar surface area (TPSA) is 80.5 Å². The molecule has 1 amide bonds. The molecule has 144 valence electrons. The van der Waals surface area contributed by atoms with Crippen molar-refractivity contribution in [1.29, 1.82) is 0 Å². The molecule has 0 fully saturated rings. The molecule has 0 spiro atoms. The van der Waals surface area contributed by atoms with Crippen molar-refractivity contribution in [3.8, 4) is 0 Å². The van der Waals surface area contributed by atoms with Gasteiger partial charge in [-0.25, -0.2) is 4.98 Å². The minimum Gasteiger partial charge on any atom is -0.325 e. The smallest absolute Gasteiger partial charge is 0.258 e. The van der Waals surface area contributed by atoms with E-state index in [0.717, 1.165) is 5.56 Å². The van der Waals surface area contributed by atoms with Gasteiger partial charge < -0.3 is 5.32 Å². The second-order valence-electron chi connectivity index (χ2n) is 6.60. The van der Waals surface area contributed by atoms with Gasteiger partial charge in [-0.05, 0) is 56.7 Å². The van der Waals surface area contributed by atoms with Gasteiger partial charge in [-0.15, -0.1) is 11.8 Å². The van der Waals surface area contributed by atoms with Crippen molar-refractivity contribution in [2.24, 2.45) is 0 Å². The molecule has 28 heavy (non-hydrogen) atoms. The van der Waals surface area contributed by atoms with Crippen LogP contribution in [0.2, 0.25) is 0 Å². The van der Waals surface area contributed by atoms with Crippen molar-refractivity contribution in [1.82, 2.24) is 9.38 Å². The Hall–Kier alpha value is -2.93. The number of benzene rings is 1. The van der Waals surface area contributed by atoms with Crippen LogP contribution in [-0.4, -0.2) is 26.3 Å². The molecule has 1 unspecified atom stereocenters. The van der Waals surface area contributed by atoms with Crippen molar-refractivity contribution in [2.45, 2.75) is 31.8 Å². The lowest BCUT2D eigenvalue weighted by Gasteiger charge is -2.12. The third kappa shape index (κ3) is 4.67. The monoisotopic (exact) mass is 395 g/mol. The maximum Gasteiger partial charge on any atom is 0.258 e.